The summed E-state index contributed by atoms with van der Waals surface area (Å²) in [6, 6.07) is -0.900. The van der Waals surface area contributed by atoms with Crippen LogP contribution in [0.25, 0.3) is 0 Å². The first-order valence-electron chi connectivity index (χ1n) is 6.60. The average molecular weight is 348 g/mol. The maximum Gasteiger partial charge on any atom is 0.350 e. The Bertz CT molecular complexity index is 572. The van der Waals surface area contributed by atoms with E-state index in [0.29, 0.717) is 11.3 Å². The van der Waals surface area contributed by atoms with Crippen molar-refractivity contribution in [2.24, 2.45) is 0 Å². The van der Waals surface area contributed by atoms with Gasteiger partial charge < -0.3 is 9.47 Å². The fourth-order valence-corrected chi connectivity index (χ4v) is 3.03. The molecule has 0 aromatic carbocycles. The number of alkyl halides is 1. The molecule has 1 heterocycles. The van der Waals surface area contributed by atoms with E-state index in [1.54, 1.807) is 19.2 Å². The summed E-state index contributed by atoms with van der Waals surface area (Å²) < 4.78 is 9.68. The van der Waals surface area contributed by atoms with Crippen LogP contribution >= 0.6 is 22.9 Å². The lowest BCUT2D eigenvalue weighted by Crippen LogP contribution is -2.45. The number of thiophene rings is 1. The first kappa shape index (κ1) is 18.4. The lowest BCUT2D eigenvalue weighted by molar-refractivity contribution is -0.145. The molecule has 0 aliphatic rings. The number of rotatable bonds is 6. The number of nitrogens with zero attached hydrogens (tertiary/aromatic N) is 1. The zero-order chi connectivity index (χ0) is 16.9. The van der Waals surface area contributed by atoms with Gasteiger partial charge in [-0.15, -0.1) is 22.9 Å². The van der Waals surface area contributed by atoms with Crippen molar-refractivity contribution in [1.29, 1.82) is 0 Å². The standard InChI is InChI=1S/C14H18ClNO5S/c1-5-21-13(18)9(3)16(10(17)6-15)11-8(2)7-22-12(11)14(19)20-4/h7,9H,5-6H2,1-4H3/t9-/m0/s1. The van der Waals surface area contributed by atoms with Crippen LogP contribution in [0.1, 0.15) is 29.1 Å². The van der Waals surface area contributed by atoms with E-state index >= 15 is 0 Å². The largest absolute Gasteiger partial charge is 0.465 e. The molecular weight excluding hydrogens is 330 g/mol. The minimum absolute atomic E-state index is 0.193. The van der Waals surface area contributed by atoms with Crippen LogP contribution in [0.5, 0.6) is 0 Å². The van der Waals surface area contributed by atoms with Crippen LogP contribution in [0.3, 0.4) is 0 Å². The number of hydrogen-bond donors (Lipinski definition) is 0. The van der Waals surface area contributed by atoms with Crippen LogP contribution in [0, 0.1) is 6.92 Å². The number of ether oxygens (including phenoxy) is 2. The summed E-state index contributed by atoms with van der Waals surface area (Å²) in [7, 11) is 1.25. The van der Waals surface area contributed by atoms with Crippen molar-refractivity contribution in [3.05, 3.63) is 15.8 Å². The summed E-state index contributed by atoms with van der Waals surface area (Å²) in [6.07, 6.45) is 0. The number of esters is 2. The molecule has 1 aromatic heterocycles. The van der Waals surface area contributed by atoms with Crippen molar-refractivity contribution in [2.45, 2.75) is 26.8 Å². The summed E-state index contributed by atoms with van der Waals surface area (Å²) in [4.78, 5) is 37.5. The van der Waals surface area contributed by atoms with E-state index in [4.69, 9.17) is 21.1 Å². The summed E-state index contributed by atoms with van der Waals surface area (Å²) in [5, 5.41) is 1.72. The van der Waals surface area contributed by atoms with Gasteiger partial charge in [-0.1, -0.05) is 0 Å². The number of halogens is 1. The molecule has 0 N–H and O–H groups in total. The van der Waals surface area contributed by atoms with Crippen LogP contribution in [0.4, 0.5) is 5.69 Å². The van der Waals surface area contributed by atoms with Crippen molar-refractivity contribution in [3.63, 3.8) is 0 Å². The monoisotopic (exact) mass is 347 g/mol. The van der Waals surface area contributed by atoms with Crippen molar-refractivity contribution in [3.8, 4) is 0 Å². The van der Waals surface area contributed by atoms with E-state index in [1.807, 2.05) is 0 Å². The fraction of sp³-hybridized carbons (Fsp3) is 0.500. The van der Waals surface area contributed by atoms with Gasteiger partial charge in [-0.3, -0.25) is 9.69 Å². The zero-order valence-electron chi connectivity index (χ0n) is 12.8. The first-order chi connectivity index (χ1) is 10.4. The van der Waals surface area contributed by atoms with Crippen LogP contribution in [0.2, 0.25) is 0 Å². The summed E-state index contributed by atoms with van der Waals surface area (Å²) in [5.41, 5.74) is 1.02. The number of aryl methyl sites for hydroxylation is 1. The molecule has 1 aromatic rings. The van der Waals surface area contributed by atoms with Gasteiger partial charge >= 0.3 is 11.9 Å². The highest BCUT2D eigenvalue weighted by molar-refractivity contribution is 7.12. The van der Waals surface area contributed by atoms with Gasteiger partial charge in [0.1, 0.15) is 16.8 Å². The second-order valence-electron chi connectivity index (χ2n) is 4.41. The highest BCUT2D eigenvalue weighted by atomic mass is 35.5. The van der Waals surface area contributed by atoms with Crippen molar-refractivity contribution in [2.75, 3.05) is 24.5 Å². The number of carbonyl (C=O) groups excluding carboxylic acids is 3. The van der Waals surface area contributed by atoms with Crippen LogP contribution in [0.15, 0.2) is 5.38 Å². The molecular formula is C14H18ClNO5S. The van der Waals surface area contributed by atoms with Gasteiger partial charge in [0.05, 0.1) is 19.4 Å². The highest BCUT2D eigenvalue weighted by Gasteiger charge is 2.33. The molecule has 8 heteroatoms. The third-order valence-corrected chi connectivity index (χ3v) is 4.25. The maximum absolute atomic E-state index is 12.2. The minimum atomic E-state index is -0.900. The van der Waals surface area contributed by atoms with Crippen LogP contribution < -0.4 is 4.90 Å². The van der Waals surface area contributed by atoms with Crippen LogP contribution in [-0.4, -0.2) is 43.5 Å². The zero-order valence-corrected chi connectivity index (χ0v) is 14.4. The third kappa shape index (κ3) is 3.78. The molecule has 6 nitrogen and oxygen atoms in total. The molecule has 0 aliphatic carbocycles. The average Bonchev–Trinajstić information content (AvgIpc) is 2.88. The SMILES string of the molecule is CCOC(=O)[C@H](C)N(C(=O)CCl)c1c(C)csc1C(=O)OC. The topological polar surface area (TPSA) is 72.9 Å². The number of carbonyl (C=O) groups is 3. The molecule has 0 radical (unpaired) electrons. The second-order valence-corrected chi connectivity index (χ2v) is 5.56. The van der Waals surface area contributed by atoms with Crippen molar-refractivity contribution < 1.29 is 23.9 Å². The third-order valence-electron chi connectivity index (χ3n) is 2.95. The molecule has 22 heavy (non-hydrogen) atoms. The second kappa shape index (κ2) is 8.14. The van der Waals surface area contributed by atoms with Gasteiger partial charge in [0.2, 0.25) is 5.91 Å². The van der Waals surface area contributed by atoms with E-state index in [9.17, 15) is 14.4 Å². The highest BCUT2D eigenvalue weighted by Crippen LogP contribution is 2.33. The molecule has 0 saturated carbocycles. The predicted octanol–water partition coefficient (Wildman–Crippen LogP) is 2.37. The lowest BCUT2D eigenvalue weighted by Gasteiger charge is -2.28. The Hall–Kier alpha value is -1.60. The number of anilines is 1. The number of methoxy groups -OCH3 is 1. The van der Waals surface area contributed by atoms with Gasteiger partial charge in [0.25, 0.3) is 0 Å². The Balaban J connectivity index is 3.35. The number of hydrogen-bond acceptors (Lipinski definition) is 6. The Morgan fingerprint density at radius 3 is 2.55 bits per heavy atom. The normalized spacial score (nSPS) is 11.7. The van der Waals surface area contributed by atoms with E-state index in [-0.39, 0.29) is 17.4 Å². The van der Waals surface area contributed by atoms with E-state index < -0.39 is 23.9 Å². The van der Waals surface area contributed by atoms with Gasteiger partial charge in [-0.25, -0.2) is 9.59 Å². The van der Waals surface area contributed by atoms with E-state index in [1.165, 1.54) is 18.9 Å². The molecule has 1 amide bonds. The maximum atomic E-state index is 12.2. The molecule has 0 bridgehead atoms. The molecule has 0 fully saturated rings. The molecule has 0 spiro atoms. The Labute approximate surface area is 137 Å². The molecule has 1 atom stereocenters. The fourth-order valence-electron chi connectivity index (χ4n) is 1.94. The van der Waals surface area contributed by atoms with E-state index in [2.05, 4.69) is 0 Å². The van der Waals surface area contributed by atoms with Crippen molar-refractivity contribution >= 4 is 46.5 Å². The molecule has 0 aliphatic heterocycles. The minimum Gasteiger partial charge on any atom is -0.465 e. The van der Waals surface area contributed by atoms with Gasteiger partial charge in [0, 0.05) is 0 Å². The first-order valence-corrected chi connectivity index (χ1v) is 8.01. The lowest BCUT2D eigenvalue weighted by atomic mass is 10.2. The van der Waals surface area contributed by atoms with E-state index in [0.717, 1.165) is 11.3 Å². The Morgan fingerprint density at radius 2 is 2.05 bits per heavy atom. The Kier molecular flexibility index (Phi) is 6.83. The molecule has 122 valence electrons. The van der Waals surface area contributed by atoms with Gasteiger partial charge in [-0.05, 0) is 31.7 Å². The quantitative estimate of drug-likeness (QED) is 0.583. The van der Waals surface area contributed by atoms with Gasteiger partial charge in [0.15, 0.2) is 0 Å². The summed E-state index contributed by atoms with van der Waals surface area (Å²) >= 11 is 6.80. The molecule has 0 unspecified atom stereocenters. The smallest absolute Gasteiger partial charge is 0.350 e. The van der Waals surface area contributed by atoms with Crippen LogP contribution in [-0.2, 0) is 19.1 Å². The Morgan fingerprint density at radius 1 is 1.41 bits per heavy atom. The molecule has 0 saturated heterocycles. The van der Waals surface area contributed by atoms with Crippen molar-refractivity contribution in [1.82, 2.24) is 0 Å². The molecule has 1 rings (SSSR count). The van der Waals surface area contributed by atoms with Gasteiger partial charge in [-0.2, -0.15) is 0 Å². The summed E-state index contributed by atoms with van der Waals surface area (Å²) in [6.45, 7) is 5.14. The summed E-state index contributed by atoms with van der Waals surface area (Å²) in [5.74, 6) is -1.95. The number of amides is 1. The predicted molar refractivity (Wildman–Crippen MR) is 84.7 cm³/mol.